The summed E-state index contributed by atoms with van der Waals surface area (Å²) in [5.74, 6) is 0.651. The summed E-state index contributed by atoms with van der Waals surface area (Å²) < 4.78 is 0. The van der Waals surface area contributed by atoms with Crippen LogP contribution in [0.25, 0.3) is 0 Å². The molecule has 1 amide bonds. The van der Waals surface area contributed by atoms with Gasteiger partial charge in [-0.15, -0.1) is 0 Å². The zero-order valence-electron chi connectivity index (χ0n) is 11.7. The Morgan fingerprint density at radius 2 is 2.06 bits per heavy atom. The molecule has 1 aliphatic heterocycles. The second-order valence-electron chi connectivity index (χ2n) is 6.10. The van der Waals surface area contributed by atoms with Crippen LogP contribution >= 0.6 is 0 Å². The molecule has 1 N–H and O–H groups in total. The van der Waals surface area contributed by atoms with Gasteiger partial charge in [0.25, 0.3) is 0 Å². The maximum absolute atomic E-state index is 12.3. The predicted molar refractivity (Wildman–Crippen MR) is 68.8 cm³/mol. The van der Waals surface area contributed by atoms with Gasteiger partial charge in [-0.2, -0.15) is 0 Å². The third-order valence-corrected chi connectivity index (χ3v) is 3.55. The minimum Gasteiger partial charge on any atom is -0.394 e. The van der Waals surface area contributed by atoms with Gasteiger partial charge in [-0.25, -0.2) is 0 Å². The van der Waals surface area contributed by atoms with Crippen molar-refractivity contribution in [3.05, 3.63) is 0 Å². The number of likely N-dealkylation sites (N-methyl/N-ethyl adjacent to an activating group) is 1. The molecule has 100 valence electrons. The first-order chi connectivity index (χ1) is 7.79. The van der Waals surface area contributed by atoms with Gasteiger partial charge >= 0.3 is 0 Å². The molecule has 4 heteroatoms. The van der Waals surface area contributed by atoms with Crippen molar-refractivity contribution < 1.29 is 9.90 Å². The lowest BCUT2D eigenvalue weighted by Gasteiger charge is -2.49. The fraction of sp³-hybridized carbons (Fsp3) is 0.923. The van der Waals surface area contributed by atoms with Crippen molar-refractivity contribution in [3.63, 3.8) is 0 Å². The standard InChI is InChI=1S/C13H26N2O2/c1-10(2)6-7-15-12(17)11(8-16)14(5)9-13(15,3)4/h10-11,16H,6-9H2,1-5H3. The molecular formula is C13H26N2O2. The quantitative estimate of drug-likeness (QED) is 0.798. The van der Waals surface area contributed by atoms with Crippen LogP contribution in [0.3, 0.4) is 0 Å². The largest absolute Gasteiger partial charge is 0.394 e. The molecule has 0 bridgehead atoms. The fourth-order valence-corrected chi connectivity index (χ4v) is 2.49. The third-order valence-electron chi connectivity index (χ3n) is 3.55. The zero-order chi connectivity index (χ0) is 13.2. The van der Waals surface area contributed by atoms with E-state index in [1.54, 1.807) is 0 Å². The second kappa shape index (κ2) is 5.36. The van der Waals surface area contributed by atoms with Crippen LogP contribution in [0.2, 0.25) is 0 Å². The van der Waals surface area contributed by atoms with Gasteiger partial charge in [-0.3, -0.25) is 9.69 Å². The molecule has 0 aromatic heterocycles. The van der Waals surface area contributed by atoms with Gasteiger partial charge in [0.15, 0.2) is 0 Å². The minimum absolute atomic E-state index is 0.0619. The first-order valence-electron chi connectivity index (χ1n) is 6.42. The molecule has 0 radical (unpaired) electrons. The van der Waals surface area contributed by atoms with E-state index < -0.39 is 0 Å². The average Bonchev–Trinajstić information content (AvgIpc) is 2.15. The zero-order valence-corrected chi connectivity index (χ0v) is 11.7. The second-order valence-corrected chi connectivity index (χ2v) is 6.10. The van der Waals surface area contributed by atoms with Crippen molar-refractivity contribution in [2.24, 2.45) is 5.92 Å². The van der Waals surface area contributed by atoms with Crippen LogP contribution in [0.15, 0.2) is 0 Å². The summed E-state index contributed by atoms with van der Waals surface area (Å²) in [6, 6.07) is -0.366. The summed E-state index contributed by atoms with van der Waals surface area (Å²) in [4.78, 5) is 16.2. The lowest BCUT2D eigenvalue weighted by molar-refractivity contribution is -0.152. The van der Waals surface area contributed by atoms with Crippen molar-refractivity contribution in [1.29, 1.82) is 0 Å². The van der Waals surface area contributed by atoms with Crippen molar-refractivity contribution in [3.8, 4) is 0 Å². The van der Waals surface area contributed by atoms with Crippen LogP contribution in [0.5, 0.6) is 0 Å². The van der Waals surface area contributed by atoms with Crippen molar-refractivity contribution in [2.45, 2.75) is 45.7 Å². The predicted octanol–water partition coefficient (Wildman–Crippen LogP) is 0.946. The molecule has 0 saturated carbocycles. The number of amides is 1. The first-order valence-corrected chi connectivity index (χ1v) is 6.42. The summed E-state index contributed by atoms with van der Waals surface area (Å²) in [5.41, 5.74) is -0.146. The Hall–Kier alpha value is -0.610. The molecule has 17 heavy (non-hydrogen) atoms. The van der Waals surface area contributed by atoms with E-state index in [-0.39, 0.29) is 24.1 Å². The minimum atomic E-state index is -0.366. The van der Waals surface area contributed by atoms with Crippen LogP contribution in [0.4, 0.5) is 0 Å². The first kappa shape index (κ1) is 14.5. The smallest absolute Gasteiger partial charge is 0.242 e. The molecule has 1 rings (SSSR count). The van der Waals surface area contributed by atoms with Crippen LogP contribution in [0.1, 0.15) is 34.1 Å². The molecule has 0 aromatic carbocycles. The third kappa shape index (κ3) is 3.19. The van der Waals surface area contributed by atoms with E-state index in [2.05, 4.69) is 27.7 Å². The lowest BCUT2D eigenvalue weighted by atomic mass is 9.94. The maximum atomic E-state index is 12.3. The number of nitrogens with zero attached hydrogens (tertiary/aromatic N) is 2. The van der Waals surface area contributed by atoms with Crippen LogP contribution in [-0.4, -0.2) is 59.1 Å². The van der Waals surface area contributed by atoms with Gasteiger partial charge in [-0.05, 0) is 33.2 Å². The van der Waals surface area contributed by atoms with E-state index in [1.165, 1.54) is 0 Å². The Bertz CT molecular complexity index is 277. The highest BCUT2D eigenvalue weighted by Gasteiger charge is 2.42. The Labute approximate surface area is 105 Å². The molecule has 0 aromatic rings. The summed E-state index contributed by atoms with van der Waals surface area (Å²) in [7, 11) is 1.90. The van der Waals surface area contributed by atoms with Crippen molar-refractivity contribution in [2.75, 3.05) is 26.7 Å². The van der Waals surface area contributed by atoms with Gasteiger partial charge in [0.05, 0.1) is 6.61 Å². The molecular weight excluding hydrogens is 216 g/mol. The van der Waals surface area contributed by atoms with E-state index in [9.17, 15) is 9.90 Å². The topological polar surface area (TPSA) is 43.8 Å². The van der Waals surface area contributed by atoms with Crippen molar-refractivity contribution >= 4 is 5.91 Å². The molecule has 1 unspecified atom stereocenters. The van der Waals surface area contributed by atoms with Crippen LogP contribution < -0.4 is 0 Å². The van der Waals surface area contributed by atoms with E-state index in [4.69, 9.17) is 0 Å². The molecule has 1 fully saturated rings. The summed E-state index contributed by atoms with van der Waals surface area (Å²) in [5, 5.41) is 9.31. The molecule has 1 atom stereocenters. The van der Waals surface area contributed by atoms with Gasteiger partial charge in [0.1, 0.15) is 6.04 Å². The number of aliphatic hydroxyl groups excluding tert-OH is 1. The summed E-state index contributed by atoms with van der Waals surface area (Å²) in [6.45, 7) is 10.0. The van der Waals surface area contributed by atoms with Gasteiger partial charge in [0, 0.05) is 18.6 Å². The van der Waals surface area contributed by atoms with Crippen LogP contribution in [-0.2, 0) is 4.79 Å². The number of hydrogen-bond donors (Lipinski definition) is 1. The van der Waals surface area contributed by atoms with Gasteiger partial charge in [-0.1, -0.05) is 13.8 Å². The SMILES string of the molecule is CC(C)CCN1C(=O)C(CO)N(C)CC1(C)C. The highest BCUT2D eigenvalue weighted by Crippen LogP contribution is 2.25. The summed E-state index contributed by atoms with van der Waals surface area (Å²) in [6.07, 6.45) is 1.01. The summed E-state index contributed by atoms with van der Waals surface area (Å²) >= 11 is 0. The molecule has 1 heterocycles. The van der Waals surface area contributed by atoms with Crippen LogP contribution in [0, 0.1) is 5.92 Å². The number of hydrogen-bond acceptors (Lipinski definition) is 3. The number of carbonyl (C=O) groups is 1. The highest BCUT2D eigenvalue weighted by atomic mass is 16.3. The normalized spacial score (nSPS) is 25.7. The van der Waals surface area contributed by atoms with E-state index in [1.807, 2.05) is 16.8 Å². The van der Waals surface area contributed by atoms with E-state index in [0.717, 1.165) is 19.5 Å². The fourth-order valence-electron chi connectivity index (χ4n) is 2.49. The highest BCUT2D eigenvalue weighted by molar-refractivity contribution is 5.83. The number of piperazine rings is 1. The Morgan fingerprint density at radius 3 is 2.53 bits per heavy atom. The van der Waals surface area contributed by atoms with E-state index >= 15 is 0 Å². The Kier molecular flexibility index (Phi) is 4.55. The molecule has 4 nitrogen and oxygen atoms in total. The van der Waals surface area contributed by atoms with Gasteiger partial charge < -0.3 is 10.0 Å². The number of rotatable bonds is 4. The monoisotopic (exact) mass is 242 g/mol. The molecule has 1 aliphatic rings. The number of carbonyl (C=O) groups excluding carboxylic acids is 1. The molecule has 0 spiro atoms. The average molecular weight is 242 g/mol. The van der Waals surface area contributed by atoms with Crippen molar-refractivity contribution in [1.82, 2.24) is 9.80 Å². The Morgan fingerprint density at radius 1 is 1.47 bits per heavy atom. The molecule has 0 aliphatic carbocycles. The lowest BCUT2D eigenvalue weighted by Crippen LogP contribution is -2.66. The molecule has 1 saturated heterocycles. The van der Waals surface area contributed by atoms with Gasteiger partial charge in [0.2, 0.25) is 5.91 Å². The van der Waals surface area contributed by atoms with E-state index in [0.29, 0.717) is 5.92 Å². The maximum Gasteiger partial charge on any atom is 0.242 e. The number of aliphatic hydroxyl groups is 1. The Balaban J connectivity index is 2.80.